The summed E-state index contributed by atoms with van der Waals surface area (Å²) in [5.74, 6) is -1.78. The van der Waals surface area contributed by atoms with Gasteiger partial charge in [0, 0.05) is 19.6 Å². The maximum atomic E-state index is 10.8. The number of unbranched alkanes of at least 4 members (excludes halogenated alkanes) is 11. The molecule has 218 valence electrons. The second-order valence-electron chi connectivity index (χ2n) is 9.64. The summed E-state index contributed by atoms with van der Waals surface area (Å²) in [5.41, 5.74) is 0.718. The number of rotatable bonds is 19. The Morgan fingerprint density at radius 3 is 1.55 bits per heavy atom. The number of benzene rings is 1. The molecule has 0 bridgehead atoms. The molecular formula is C30H50O8. The first-order valence-corrected chi connectivity index (χ1v) is 14.3. The van der Waals surface area contributed by atoms with E-state index >= 15 is 0 Å². The van der Waals surface area contributed by atoms with Gasteiger partial charge in [-0.2, -0.15) is 0 Å². The third kappa shape index (κ3) is 19.8. The Balaban J connectivity index is 0.000000658. The summed E-state index contributed by atoms with van der Waals surface area (Å²) in [6, 6.07) is 6.53. The van der Waals surface area contributed by atoms with E-state index in [1.807, 2.05) is 0 Å². The summed E-state index contributed by atoms with van der Waals surface area (Å²) in [6.45, 7) is 2.60. The normalized spacial score (nSPS) is 12.5. The molecule has 0 amide bonds. The van der Waals surface area contributed by atoms with Crippen molar-refractivity contribution in [1.82, 2.24) is 0 Å². The van der Waals surface area contributed by atoms with E-state index in [4.69, 9.17) is 15.3 Å². The van der Waals surface area contributed by atoms with Crippen LogP contribution in [0.2, 0.25) is 0 Å². The van der Waals surface area contributed by atoms with E-state index in [1.165, 1.54) is 51.4 Å². The summed E-state index contributed by atoms with van der Waals surface area (Å²) >= 11 is 0. The summed E-state index contributed by atoms with van der Waals surface area (Å²) in [6.07, 6.45) is 17.7. The van der Waals surface area contributed by atoms with Gasteiger partial charge < -0.3 is 25.2 Å². The number of carbonyl (C=O) groups is 3. The van der Waals surface area contributed by atoms with Crippen LogP contribution < -0.4 is 0 Å². The maximum Gasteiger partial charge on any atom is 0.346 e. The van der Waals surface area contributed by atoms with E-state index in [9.17, 15) is 19.5 Å². The van der Waals surface area contributed by atoms with E-state index in [1.54, 1.807) is 24.3 Å². The molecule has 0 aliphatic carbocycles. The lowest BCUT2D eigenvalue weighted by Crippen LogP contribution is -2.05. The van der Waals surface area contributed by atoms with Gasteiger partial charge in [0.25, 0.3) is 0 Å². The molecule has 1 unspecified atom stereocenters. The number of ether oxygens (including phenoxy) is 1. The monoisotopic (exact) mass is 538 g/mol. The van der Waals surface area contributed by atoms with Crippen LogP contribution in [0.15, 0.2) is 24.3 Å². The summed E-state index contributed by atoms with van der Waals surface area (Å²) in [4.78, 5) is 32.0. The van der Waals surface area contributed by atoms with Crippen molar-refractivity contribution in [2.24, 2.45) is 0 Å². The fourth-order valence-corrected chi connectivity index (χ4v) is 3.92. The Morgan fingerprint density at radius 1 is 0.711 bits per heavy atom. The second kappa shape index (κ2) is 25.0. The molecule has 8 heteroatoms. The number of hydrogen-bond donors (Lipinski definition) is 4. The largest absolute Gasteiger partial charge is 0.481 e. The minimum Gasteiger partial charge on any atom is -0.481 e. The summed E-state index contributed by atoms with van der Waals surface area (Å²) in [7, 11) is 0. The van der Waals surface area contributed by atoms with Gasteiger partial charge in [-0.1, -0.05) is 89.7 Å². The average Bonchev–Trinajstić information content (AvgIpc) is 3.20. The number of hydrogen-bond acceptors (Lipinski definition) is 7. The maximum absolute atomic E-state index is 10.8. The third-order valence-corrected chi connectivity index (χ3v) is 6.19. The molecule has 0 aromatic heterocycles. The van der Waals surface area contributed by atoms with E-state index in [2.05, 4.69) is 11.7 Å². The van der Waals surface area contributed by atoms with Crippen molar-refractivity contribution < 1.29 is 39.5 Å². The molecular weight excluding hydrogens is 488 g/mol. The van der Waals surface area contributed by atoms with Crippen molar-refractivity contribution in [3.05, 3.63) is 35.4 Å². The highest BCUT2D eigenvalue weighted by Gasteiger charge is 2.28. The fraction of sp³-hybridized carbons (Fsp3) is 0.700. The minimum absolute atomic E-state index is 0.0853. The molecule has 38 heavy (non-hydrogen) atoms. The van der Waals surface area contributed by atoms with E-state index < -0.39 is 17.9 Å². The van der Waals surface area contributed by atoms with Crippen LogP contribution in [-0.4, -0.2) is 57.7 Å². The predicted octanol–water partition coefficient (Wildman–Crippen LogP) is 6.05. The van der Waals surface area contributed by atoms with Gasteiger partial charge in [0.05, 0.1) is 17.2 Å². The molecule has 1 aromatic rings. The molecule has 0 saturated carbocycles. The predicted molar refractivity (Wildman–Crippen MR) is 148 cm³/mol. The van der Waals surface area contributed by atoms with Crippen LogP contribution in [0, 0.1) is 0 Å². The molecule has 2 rings (SSSR count). The highest BCUT2D eigenvalue weighted by Crippen LogP contribution is 2.18. The number of fused-ring (bicyclic) bond motifs is 1. The Kier molecular flexibility index (Phi) is 23.5. The van der Waals surface area contributed by atoms with Gasteiger partial charge in [-0.05, 0) is 44.2 Å². The van der Waals surface area contributed by atoms with Crippen LogP contribution in [0.25, 0.3) is 0 Å². The highest BCUT2D eigenvalue weighted by atomic mass is 16.6. The van der Waals surface area contributed by atoms with Crippen molar-refractivity contribution in [3.8, 4) is 0 Å². The Bertz CT molecular complexity index is 713. The fourth-order valence-electron chi connectivity index (χ4n) is 3.92. The molecule has 0 spiro atoms. The van der Waals surface area contributed by atoms with Crippen LogP contribution in [0.3, 0.4) is 0 Å². The van der Waals surface area contributed by atoms with Crippen molar-refractivity contribution in [3.63, 3.8) is 0 Å². The Morgan fingerprint density at radius 2 is 1.13 bits per heavy atom. The second-order valence-corrected chi connectivity index (χ2v) is 9.64. The molecule has 1 aliphatic heterocycles. The smallest absolute Gasteiger partial charge is 0.346 e. The minimum atomic E-state index is -0.678. The summed E-state index contributed by atoms with van der Waals surface area (Å²) in [5, 5.41) is 34.5. The molecule has 1 aliphatic rings. The van der Waals surface area contributed by atoms with Gasteiger partial charge in [0.15, 0.2) is 0 Å². The van der Waals surface area contributed by atoms with Gasteiger partial charge in [-0.15, -0.1) is 0 Å². The number of carboxylic acid groups (broad SMARTS) is 1. The van der Waals surface area contributed by atoms with Gasteiger partial charge in [-0.3, -0.25) is 4.79 Å². The molecule has 0 radical (unpaired) electrons. The Hall–Kier alpha value is -2.29. The quantitative estimate of drug-likeness (QED) is 0.0947. The zero-order valence-electron chi connectivity index (χ0n) is 23.2. The van der Waals surface area contributed by atoms with E-state index in [0.29, 0.717) is 17.5 Å². The van der Waals surface area contributed by atoms with Crippen molar-refractivity contribution in [1.29, 1.82) is 0 Å². The first-order chi connectivity index (χ1) is 18.4. The van der Waals surface area contributed by atoms with Crippen LogP contribution in [0.1, 0.15) is 137 Å². The van der Waals surface area contributed by atoms with Crippen LogP contribution >= 0.6 is 0 Å². The van der Waals surface area contributed by atoms with Crippen LogP contribution in [-0.2, 0) is 9.53 Å². The average molecular weight is 539 g/mol. The molecule has 8 nitrogen and oxygen atoms in total. The van der Waals surface area contributed by atoms with Crippen molar-refractivity contribution in [2.45, 2.75) is 122 Å². The number of carbonyl (C=O) groups excluding carboxylic acids is 2. The summed E-state index contributed by atoms with van der Waals surface area (Å²) < 4.78 is 4.35. The number of aliphatic carboxylic acids is 1. The van der Waals surface area contributed by atoms with Gasteiger partial charge in [-0.25, -0.2) is 9.59 Å². The van der Waals surface area contributed by atoms with E-state index in [0.717, 1.165) is 51.4 Å². The molecule has 1 heterocycles. The van der Waals surface area contributed by atoms with E-state index in [-0.39, 0.29) is 19.3 Å². The van der Waals surface area contributed by atoms with Crippen molar-refractivity contribution >= 4 is 17.9 Å². The number of cyclic esters (lactones) is 2. The molecule has 0 fully saturated rings. The zero-order valence-corrected chi connectivity index (χ0v) is 23.2. The first kappa shape index (κ1) is 35.7. The lowest BCUT2D eigenvalue weighted by molar-refractivity contribution is -0.137. The topological polar surface area (TPSA) is 141 Å². The van der Waals surface area contributed by atoms with Gasteiger partial charge in [0.1, 0.15) is 0 Å². The molecule has 1 aromatic carbocycles. The van der Waals surface area contributed by atoms with Crippen LogP contribution in [0.4, 0.5) is 0 Å². The standard InChI is InChI=1S/C18H36O3.C8H4O3.C4H10O2/c1-2-3-4-11-14-17(19)15-12-9-7-5-6-8-10-13-16-18(20)21;9-7-5-3-1-2-4-6(5)8(10)11-7;5-3-1-2-4-6/h17,19H,2-16H2,1H3,(H,20,21);1-4H;5-6H,1-4H2. The SMILES string of the molecule is CCCCCCC(O)CCCCCCCCCCC(=O)O.O=C1OC(=O)c2ccccc21.OCCCCO. The van der Waals surface area contributed by atoms with Gasteiger partial charge >= 0.3 is 17.9 Å². The molecule has 4 N–H and O–H groups in total. The first-order valence-electron chi connectivity index (χ1n) is 14.3. The lowest BCUT2D eigenvalue weighted by atomic mass is 10.0. The lowest BCUT2D eigenvalue weighted by Gasteiger charge is -2.10. The van der Waals surface area contributed by atoms with Gasteiger partial charge in [0.2, 0.25) is 0 Å². The zero-order chi connectivity index (χ0) is 28.4. The third-order valence-electron chi connectivity index (χ3n) is 6.19. The molecule has 1 atom stereocenters. The number of carboxylic acids is 1. The number of aliphatic hydroxyl groups excluding tert-OH is 3. The van der Waals surface area contributed by atoms with Crippen LogP contribution in [0.5, 0.6) is 0 Å². The molecule has 0 saturated heterocycles. The number of esters is 2. The highest BCUT2D eigenvalue weighted by molar-refractivity contribution is 6.14. The van der Waals surface area contributed by atoms with Crippen molar-refractivity contribution in [2.75, 3.05) is 13.2 Å². The Labute approximate surface area is 228 Å². The number of aliphatic hydroxyl groups is 3.